The van der Waals surface area contributed by atoms with Crippen molar-refractivity contribution >= 4 is 28.0 Å². The number of sulfonamides is 1. The summed E-state index contributed by atoms with van der Waals surface area (Å²) in [6.07, 6.45) is 5.54. The highest BCUT2D eigenvalue weighted by atomic mass is 32.2. The number of hydrogen-bond donors (Lipinski definition) is 1. The molecule has 9 nitrogen and oxygen atoms in total. The summed E-state index contributed by atoms with van der Waals surface area (Å²) >= 11 is 0. The van der Waals surface area contributed by atoms with Crippen molar-refractivity contribution in [3.8, 4) is 11.1 Å². The van der Waals surface area contributed by atoms with Crippen molar-refractivity contribution in [2.75, 3.05) is 36.8 Å². The van der Waals surface area contributed by atoms with Crippen LogP contribution >= 0.6 is 0 Å². The third-order valence-electron chi connectivity index (χ3n) is 5.83. The lowest BCUT2D eigenvalue weighted by molar-refractivity contribution is 0.143. The van der Waals surface area contributed by atoms with Crippen LogP contribution in [0.15, 0.2) is 41.6 Å². The predicted octanol–water partition coefficient (Wildman–Crippen LogP) is 2.97. The Balaban J connectivity index is 1.41. The van der Waals surface area contributed by atoms with Crippen LogP contribution in [0.2, 0.25) is 0 Å². The first kappa shape index (κ1) is 24.1. The molecule has 2 saturated heterocycles. The fraction of sp³-hybridized carbons (Fsp3) is 0.435. The van der Waals surface area contributed by atoms with Gasteiger partial charge in [-0.3, -0.25) is 14.9 Å². The third-order valence-corrected chi connectivity index (χ3v) is 7.20. The highest BCUT2D eigenvalue weighted by Gasteiger charge is 2.33. The number of rotatable bonds is 8. The summed E-state index contributed by atoms with van der Waals surface area (Å²) in [4.78, 5) is 17.9. The number of ether oxygens (including phenoxy) is 1. The molecule has 0 radical (unpaired) electrons. The standard InChI is InChI=1S/C23H28FN5O4S/c1-2-34(31,32)27-15-20-16-29(23(30)33-20)19-8-9-21(22(24)12-19)17-6-7-18(25-13-17)14-26-28-10-4-3-5-11-28/h6-9,12-14,20,27H,2-5,10-11,15-16H2,1H3/b26-14+/t20-/m0/s1. The summed E-state index contributed by atoms with van der Waals surface area (Å²) in [5.41, 5.74) is 1.99. The Labute approximate surface area is 198 Å². The van der Waals surface area contributed by atoms with E-state index >= 15 is 0 Å². The second kappa shape index (κ2) is 10.5. The van der Waals surface area contributed by atoms with Gasteiger partial charge in [-0.2, -0.15) is 5.10 Å². The summed E-state index contributed by atoms with van der Waals surface area (Å²) in [6.45, 7) is 3.51. The molecule has 4 rings (SSSR count). The zero-order chi connectivity index (χ0) is 24.1. The van der Waals surface area contributed by atoms with Crippen LogP contribution in [0.25, 0.3) is 11.1 Å². The van der Waals surface area contributed by atoms with Gasteiger partial charge < -0.3 is 4.74 Å². The summed E-state index contributed by atoms with van der Waals surface area (Å²) in [7, 11) is -3.40. The van der Waals surface area contributed by atoms with Crippen molar-refractivity contribution in [1.82, 2.24) is 14.7 Å². The van der Waals surface area contributed by atoms with E-state index in [0.29, 0.717) is 22.5 Å². The summed E-state index contributed by atoms with van der Waals surface area (Å²) in [6, 6.07) is 8.05. The van der Waals surface area contributed by atoms with E-state index in [9.17, 15) is 17.6 Å². The Morgan fingerprint density at radius 2 is 2.03 bits per heavy atom. The molecule has 1 amide bonds. The SMILES string of the molecule is CCS(=O)(=O)NC[C@H]1CN(c2ccc(-c3ccc(/C=N/N4CCCCC4)nc3)c(F)c2)C(=O)O1. The molecule has 1 aromatic heterocycles. The smallest absolute Gasteiger partial charge is 0.414 e. The number of nitrogens with one attached hydrogen (secondary N) is 1. The molecule has 182 valence electrons. The second-order valence-corrected chi connectivity index (χ2v) is 10.4. The largest absolute Gasteiger partial charge is 0.443 e. The number of benzene rings is 1. The number of pyridine rings is 1. The first-order valence-electron chi connectivity index (χ1n) is 11.3. The molecular formula is C23H28FN5O4S. The van der Waals surface area contributed by atoms with E-state index in [2.05, 4.69) is 14.8 Å². The van der Waals surface area contributed by atoms with Crippen LogP contribution in [-0.4, -0.2) is 68.8 Å². The number of carbonyl (C=O) groups excluding carboxylic acids is 1. The van der Waals surface area contributed by atoms with Crippen LogP contribution in [0.3, 0.4) is 0 Å². The third kappa shape index (κ3) is 5.89. The highest BCUT2D eigenvalue weighted by molar-refractivity contribution is 7.89. The average molecular weight is 490 g/mol. The maximum atomic E-state index is 14.9. The van der Waals surface area contributed by atoms with Crippen LogP contribution in [0, 0.1) is 5.82 Å². The molecular weight excluding hydrogens is 461 g/mol. The molecule has 0 unspecified atom stereocenters. The van der Waals surface area contributed by atoms with E-state index in [1.54, 1.807) is 36.7 Å². The van der Waals surface area contributed by atoms with Gasteiger partial charge in [-0.1, -0.05) is 6.07 Å². The molecule has 2 fully saturated rings. The van der Waals surface area contributed by atoms with Crippen molar-refractivity contribution in [2.24, 2.45) is 5.10 Å². The van der Waals surface area contributed by atoms with Crippen molar-refractivity contribution in [3.05, 3.63) is 48.0 Å². The van der Waals surface area contributed by atoms with Gasteiger partial charge in [0.15, 0.2) is 0 Å². The van der Waals surface area contributed by atoms with Gasteiger partial charge in [0.2, 0.25) is 10.0 Å². The molecule has 3 heterocycles. The molecule has 1 atom stereocenters. The quantitative estimate of drug-likeness (QED) is 0.572. The van der Waals surface area contributed by atoms with Crippen LogP contribution in [0.5, 0.6) is 0 Å². The predicted molar refractivity (Wildman–Crippen MR) is 128 cm³/mol. The number of halogens is 1. The van der Waals surface area contributed by atoms with Crippen molar-refractivity contribution in [3.63, 3.8) is 0 Å². The van der Waals surface area contributed by atoms with Gasteiger partial charge in [0, 0.05) is 37.0 Å². The fourth-order valence-electron chi connectivity index (χ4n) is 3.84. The number of nitrogens with zero attached hydrogens (tertiary/aromatic N) is 4. The number of cyclic esters (lactones) is 1. The van der Waals surface area contributed by atoms with E-state index in [-0.39, 0.29) is 18.8 Å². The molecule has 1 aromatic carbocycles. The molecule has 34 heavy (non-hydrogen) atoms. The van der Waals surface area contributed by atoms with Gasteiger partial charge in [-0.15, -0.1) is 0 Å². The minimum atomic E-state index is -3.40. The second-order valence-electron chi connectivity index (χ2n) is 8.26. The molecule has 2 aliphatic rings. The lowest BCUT2D eigenvalue weighted by Crippen LogP contribution is -2.35. The van der Waals surface area contributed by atoms with Gasteiger partial charge in [0.1, 0.15) is 11.9 Å². The van der Waals surface area contributed by atoms with Gasteiger partial charge in [-0.05, 0) is 50.5 Å². The summed E-state index contributed by atoms with van der Waals surface area (Å²) in [5.74, 6) is -0.567. The topological polar surface area (TPSA) is 104 Å². The number of hydrogen-bond acceptors (Lipinski definition) is 7. The Morgan fingerprint density at radius 3 is 2.71 bits per heavy atom. The average Bonchev–Trinajstić information content (AvgIpc) is 3.23. The van der Waals surface area contributed by atoms with Crippen molar-refractivity contribution in [1.29, 1.82) is 0 Å². The monoisotopic (exact) mass is 489 g/mol. The van der Waals surface area contributed by atoms with E-state index in [4.69, 9.17) is 4.74 Å². The summed E-state index contributed by atoms with van der Waals surface area (Å²) < 4.78 is 45.7. The van der Waals surface area contributed by atoms with E-state index in [0.717, 1.165) is 25.9 Å². The number of aromatic nitrogens is 1. The normalized spacial score (nSPS) is 19.1. The van der Waals surface area contributed by atoms with Gasteiger partial charge >= 0.3 is 6.09 Å². The van der Waals surface area contributed by atoms with Crippen LogP contribution in [0.1, 0.15) is 31.9 Å². The minimum absolute atomic E-state index is 0.0297. The number of amides is 1. The van der Waals surface area contributed by atoms with Gasteiger partial charge in [0.25, 0.3) is 0 Å². The fourth-order valence-corrected chi connectivity index (χ4v) is 4.49. The number of piperidine rings is 1. The molecule has 0 saturated carbocycles. The molecule has 11 heteroatoms. The van der Waals surface area contributed by atoms with E-state index < -0.39 is 28.0 Å². The maximum absolute atomic E-state index is 14.9. The van der Waals surface area contributed by atoms with Gasteiger partial charge in [-0.25, -0.2) is 22.3 Å². The molecule has 2 aliphatic heterocycles. The molecule has 1 N–H and O–H groups in total. The van der Waals surface area contributed by atoms with Crippen LogP contribution < -0.4 is 9.62 Å². The molecule has 0 spiro atoms. The van der Waals surface area contributed by atoms with Crippen LogP contribution in [0.4, 0.5) is 14.9 Å². The Hall–Kier alpha value is -3.05. The molecule has 0 aliphatic carbocycles. The lowest BCUT2D eigenvalue weighted by Gasteiger charge is -2.23. The first-order valence-corrected chi connectivity index (χ1v) is 13.0. The zero-order valence-corrected chi connectivity index (χ0v) is 19.8. The van der Waals surface area contributed by atoms with Crippen LogP contribution in [-0.2, 0) is 14.8 Å². The Bertz CT molecular complexity index is 1150. The maximum Gasteiger partial charge on any atom is 0.414 e. The number of hydrazone groups is 1. The number of anilines is 1. The molecule has 2 aromatic rings. The van der Waals surface area contributed by atoms with E-state index in [1.165, 1.54) is 24.3 Å². The Kier molecular flexibility index (Phi) is 7.42. The zero-order valence-electron chi connectivity index (χ0n) is 19.0. The Morgan fingerprint density at radius 1 is 1.24 bits per heavy atom. The summed E-state index contributed by atoms with van der Waals surface area (Å²) in [5, 5.41) is 6.49. The minimum Gasteiger partial charge on any atom is -0.443 e. The number of carbonyl (C=O) groups is 1. The molecule has 0 bridgehead atoms. The van der Waals surface area contributed by atoms with Crippen molar-refractivity contribution < 1.29 is 22.3 Å². The highest BCUT2D eigenvalue weighted by Crippen LogP contribution is 2.29. The first-order chi connectivity index (χ1) is 16.3. The van der Waals surface area contributed by atoms with Crippen molar-refractivity contribution in [2.45, 2.75) is 32.3 Å². The van der Waals surface area contributed by atoms with Gasteiger partial charge in [0.05, 0.1) is 29.9 Å². The van der Waals surface area contributed by atoms with E-state index in [1.807, 2.05) is 5.01 Å². The lowest BCUT2D eigenvalue weighted by atomic mass is 10.1.